The van der Waals surface area contributed by atoms with Crippen molar-refractivity contribution in [1.29, 1.82) is 0 Å². The van der Waals surface area contributed by atoms with Crippen LogP contribution in [0.1, 0.15) is 56.3 Å². The zero-order valence-corrected chi connectivity index (χ0v) is 24.0. The van der Waals surface area contributed by atoms with E-state index < -0.39 is 12.0 Å². The van der Waals surface area contributed by atoms with Crippen LogP contribution in [0, 0.1) is 6.92 Å². The molecule has 3 aromatic rings. The molecule has 206 valence electrons. The van der Waals surface area contributed by atoms with Crippen molar-refractivity contribution in [2.24, 2.45) is 4.99 Å². The highest BCUT2D eigenvalue weighted by Crippen LogP contribution is 2.36. The van der Waals surface area contributed by atoms with E-state index in [1.165, 1.54) is 11.3 Å². The van der Waals surface area contributed by atoms with Crippen molar-refractivity contribution in [2.45, 2.75) is 46.6 Å². The lowest BCUT2D eigenvalue weighted by atomic mass is 9.95. The molecule has 8 nitrogen and oxygen atoms in total. The Hall–Kier alpha value is -3.85. The summed E-state index contributed by atoms with van der Waals surface area (Å²) in [7, 11) is 3.19. The number of allylic oxidation sites excluding steroid dienone is 1. The number of methoxy groups -OCH3 is 2. The smallest absolute Gasteiger partial charge is 0.338 e. The number of rotatable bonds is 10. The van der Waals surface area contributed by atoms with Crippen molar-refractivity contribution in [3.8, 4) is 17.2 Å². The molecule has 0 saturated heterocycles. The average Bonchev–Trinajstić information content (AvgIpc) is 3.23. The Kier molecular flexibility index (Phi) is 8.91. The molecule has 0 spiro atoms. The van der Waals surface area contributed by atoms with E-state index in [2.05, 4.69) is 11.9 Å². The number of fused-ring (bicyclic) bond motifs is 1. The van der Waals surface area contributed by atoms with E-state index in [0.717, 1.165) is 29.7 Å². The Morgan fingerprint density at radius 2 is 1.87 bits per heavy atom. The molecule has 1 atom stereocenters. The molecule has 39 heavy (non-hydrogen) atoms. The van der Waals surface area contributed by atoms with Gasteiger partial charge in [0, 0.05) is 0 Å². The highest BCUT2D eigenvalue weighted by atomic mass is 32.1. The molecular formula is C30H34N2O6S. The lowest BCUT2D eigenvalue weighted by molar-refractivity contribution is -0.139. The third kappa shape index (κ3) is 5.78. The molecule has 4 rings (SSSR count). The molecule has 0 fully saturated rings. The number of thiazole rings is 1. The summed E-state index contributed by atoms with van der Waals surface area (Å²) >= 11 is 1.29. The van der Waals surface area contributed by atoms with E-state index in [-0.39, 0.29) is 12.2 Å². The van der Waals surface area contributed by atoms with Crippen LogP contribution in [-0.4, -0.2) is 38.0 Å². The minimum absolute atomic E-state index is 0.205. The number of aryl methyl sites for hydroxylation is 1. The van der Waals surface area contributed by atoms with Crippen molar-refractivity contribution in [3.63, 3.8) is 0 Å². The van der Waals surface area contributed by atoms with Crippen molar-refractivity contribution in [1.82, 2.24) is 4.57 Å². The number of hydrogen-bond acceptors (Lipinski definition) is 8. The molecule has 0 bridgehead atoms. The van der Waals surface area contributed by atoms with Gasteiger partial charge in [-0.15, -0.1) is 0 Å². The van der Waals surface area contributed by atoms with Crippen molar-refractivity contribution >= 4 is 23.4 Å². The first-order chi connectivity index (χ1) is 18.8. The zero-order valence-electron chi connectivity index (χ0n) is 23.2. The second kappa shape index (κ2) is 12.3. The fourth-order valence-electron chi connectivity index (χ4n) is 4.49. The minimum Gasteiger partial charge on any atom is -0.497 e. The number of unbranched alkanes of at least 4 members (excludes halogenated alkanes) is 1. The summed E-state index contributed by atoms with van der Waals surface area (Å²) in [5.74, 6) is 1.37. The molecule has 1 aliphatic rings. The number of aromatic nitrogens is 1. The van der Waals surface area contributed by atoms with Gasteiger partial charge in [0.2, 0.25) is 0 Å². The lowest BCUT2D eigenvalue weighted by Crippen LogP contribution is -2.40. The van der Waals surface area contributed by atoms with Gasteiger partial charge in [-0.2, -0.15) is 0 Å². The van der Waals surface area contributed by atoms with Crippen molar-refractivity contribution < 1.29 is 23.7 Å². The summed E-state index contributed by atoms with van der Waals surface area (Å²) in [6.07, 6.45) is 3.78. The quantitative estimate of drug-likeness (QED) is 0.276. The van der Waals surface area contributed by atoms with Crippen molar-refractivity contribution in [2.75, 3.05) is 27.4 Å². The van der Waals surface area contributed by atoms with Crippen LogP contribution in [0.3, 0.4) is 0 Å². The molecular weight excluding hydrogens is 516 g/mol. The van der Waals surface area contributed by atoms with Crippen LogP contribution in [0.15, 0.2) is 57.5 Å². The van der Waals surface area contributed by atoms with Gasteiger partial charge in [-0.25, -0.2) is 9.79 Å². The largest absolute Gasteiger partial charge is 0.497 e. The summed E-state index contributed by atoms with van der Waals surface area (Å²) < 4.78 is 24.3. The van der Waals surface area contributed by atoms with Gasteiger partial charge in [-0.05, 0) is 74.2 Å². The van der Waals surface area contributed by atoms with Crippen LogP contribution in [0.2, 0.25) is 0 Å². The van der Waals surface area contributed by atoms with E-state index in [4.69, 9.17) is 18.9 Å². The van der Waals surface area contributed by atoms with Gasteiger partial charge in [0.1, 0.15) is 5.75 Å². The number of esters is 1. The molecule has 1 aromatic heterocycles. The third-order valence-electron chi connectivity index (χ3n) is 6.54. The van der Waals surface area contributed by atoms with Crippen LogP contribution in [0.25, 0.3) is 6.08 Å². The van der Waals surface area contributed by atoms with Crippen LogP contribution in [0.4, 0.5) is 0 Å². The highest BCUT2D eigenvalue weighted by molar-refractivity contribution is 7.07. The van der Waals surface area contributed by atoms with E-state index in [0.29, 0.717) is 44.3 Å². The van der Waals surface area contributed by atoms with Gasteiger partial charge in [-0.1, -0.05) is 36.8 Å². The predicted molar refractivity (Wildman–Crippen MR) is 152 cm³/mol. The zero-order chi connectivity index (χ0) is 28.1. The number of carbonyl (C=O) groups is 1. The van der Waals surface area contributed by atoms with E-state index in [9.17, 15) is 9.59 Å². The summed E-state index contributed by atoms with van der Waals surface area (Å²) in [6, 6.07) is 10.5. The molecule has 0 amide bonds. The molecule has 0 unspecified atom stereocenters. The Balaban J connectivity index is 1.89. The Morgan fingerprint density at radius 1 is 1.08 bits per heavy atom. The van der Waals surface area contributed by atoms with E-state index in [1.807, 2.05) is 49.4 Å². The van der Waals surface area contributed by atoms with Gasteiger partial charge in [0.25, 0.3) is 5.56 Å². The first kappa shape index (κ1) is 28.2. The standard InChI is InChI=1S/C30H34N2O6S/c1-7-9-14-38-23-13-11-21(16-24(23)36-6)27-26(29(34)37-8-2)19(4)31-30-32(27)28(33)25(39-30)17-20-10-12-22(35-5)15-18(20)3/h10-13,15-17,27H,7-9,14H2,1-6H3/b25-17+/t27-/m1/s1. The number of nitrogens with zero attached hydrogens (tertiary/aromatic N) is 2. The minimum atomic E-state index is -0.738. The van der Waals surface area contributed by atoms with Crippen LogP contribution in [0.5, 0.6) is 17.2 Å². The second-order valence-electron chi connectivity index (χ2n) is 9.14. The maximum atomic E-state index is 13.9. The van der Waals surface area contributed by atoms with Crippen LogP contribution in [-0.2, 0) is 9.53 Å². The fraction of sp³-hybridized carbons (Fsp3) is 0.367. The van der Waals surface area contributed by atoms with Gasteiger partial charge in [0.15, 0.2) is 16.3 Å². The summed E-state index contributed by atoms with van der Waals surface area (Å²) in [4.78, 5) is 32.2. The van der Waals surface area contributed by atoms with Gasteiger partial charge in [0.05, 0.1) is 49.3 Å². The van der Waals surface area contributed by atoms with Crippen LogP contribution >= 0.6 is 11.3 Å². The highest BCUT2D eigenvalue weighted by Gasteiger charge is 2.34. The molecule has 9 heteroatoms. The fourth-order valence-corrected chi connectivity index (χ4v) is 5.52. The molecule has 0 saturated carbocycles. The van der Waals surface area contributed by atoms with Gasteiger partial charge in [-0.3, -0.25) is 9.36 Å². The third-order valence-corrected chi connectivity index (χ3v) is 7.52. The molecule has 0 radical (unpaired) electrons. The normalized spacial score (nSPS) is 15.0. The molecule has 2 heterocycles. The molecule has 2 aromatic carbocycles. The Bertz CT molecular complexity index is 1580. The number of ether oxygens (including phenoxy) is 4. The lowest BCUT2D eigenvalue weighted by Gasteiger charge is -2.25. The maximum Gasteiger partial charge on any atom is 0.338 e. The predicted octanol–water partition coefficient (Wildman–Crippen LogP) is 4.30. The maximum absolute atomic E-state index is 13.9. The monoisotopic (exact) mass is 550 g/mol. The number of carbonyl (C=O) groups excluding carboxylic acids is 1. The van der Waals surface area contributed by atoms with Crippen molar-refractivity contribution in [3.05, 3.63) is 84.0 Å². The molecule has 1 aliphatic heterocycles. The SMILES string of the molecule is CCCCOc1ccc([C@@H]2C(C(=O)OCC)=C(C)N=c3s/c(=C/c4ccc(OC)cc4C)c(=O)n32)cc1OC. The first-order valence-electron chi connectivity index (χ1n) is 13.0. The topological polar surface area (TPSA) is 88.4 Å². The average molecular weight is 551 g/mol. The number of benzene rings is 2. The van der Waals surface area contributed by atoms with Gasteiger partial charge < -0.3 is 18.9 Å². The number of hydrogen-bond donors (Lipinski definition) is 0. The van der Waals surface area contributed by atoms with Crippen LogP contribution < -0.4 is 29.1 Å². The summed E-state index contributed by atoms with van der Waals surface area (Å²) in [5.41, 5.74) is 3.15. The summed E-state index contributed by atoms with van der Waals surface area (Å²) in [6.45, 7) is 8.36. The molecule has 0 N–H and O–H groups in total. The second-order valence-corrected chi connectivity index (χ2v) is 10.1. The Morgan fingerprint density at radius 3 is 2.54 bits per heavy atom. The van der Waals surface area contributed by atoms with Gasteiger partial charge >= 0.3 is 5.97 Å². The van der Waals surface area contributed by atoms with E-state index >= 15 is 0 Å². The Labute approximate surface area is 231 Å². The molecule has 0 aliphatic carbocycles. The summed E-state index contributed by atoms with van der Waals surface area (Å²) in [5, 5.41) is 0. The van der Waals surface area contributed by atoms with E-state index in [1.54, 1.807) is 32.6 Å². The first-order valence-corrected chi connectivity index (χ1v) is 13.8.